The van der Waals surface area contributed by atoms with Gasteiger partial charge in [0.15, 0.2) is 0 Å². The van der Waals surface area contributed by atoms with E-state index in [9.17, 15) is 0 Å². The Morgan fingerprint density at radius 3 is 2.77 bits per heavy atom. The van der Waals surface area contributed by atoms with Gasteiger partial charge < -0.3 is 5.11 Å². The van der Waals surface area contributed by atoms with E-state index in [0.29, 0.717) is 5.92 Å². The standard InChI is InChI=1S/C10H14Br2O/c1-2-10(12)7-9(10)8(3-5-11)4-6-13/h2-3,9,13H,1,4-7H2/b8-3-/t9?,10-/m1/s1. The average Bonchev–Trinajstić information content (AvgIpc) is 2.79. The summed E-state index contributed by atoms with van der Waals surface area (Å²) in [4.78, 5) is 0. The summed E-state index contributed by atoms with van der Waals surface area (Å²) >= 11 is 7.02. The van der Waals surface area contributed by atoms with Crippen molar-refractivity contribution in [3.05, 3.63) is 24.3 Å². The van der Waals surface area contributed by atoms with Crippen molar-refractivity contribution in [2.24, 2.45) is 5.92 Å². The zero-order valence-electron chi connectivity index (χ0n) is 7.47. The van der Waals surface area contributed by atoms with Gasteiger partial charge >= 0.3 is 0 Å². The number of hydrogen-bond donors (Lipinski definition) is 1. The molecule has 0 aromatic carbocycles. The van der Waals surface area contributed by atoms with Crippen LogP contribution in [0.15, 0.2) is 24.3 Å². The molecule has 0 spiro atoms. The number of halogens is 2. The first-order valence-electron chi connectivity index (χ1n) is 4.36. The van der Waals surface area contributed by atoms with Gasteiger partial charge in [-0.2, -0.15) is 0 Å². The van der Waals surface area contributed by atoms with E-state index in [2.05, 4.69) is 44.5 Å². The van der Waals surface area contributed by atoms with E-state index in [4.69, 9.17) is 5.11 Å². The smallest absolute Gasteiger partial charge is 0.0506 e. The fourth-order valence-corrected chi connectivity index (χ4v) is 2.60. The van der Waals surface area contributed by atoms with Crippen molar-refractivity contribution in [2.75, 3.05) is 11.9 Å². The quantitative estimate of drug-likeness (QED) is 0.611. The number of rotatable bonds is 5. The van der Waals surface area contributed by atoms with Gasteiger partial charge in [-0.15, -0.1) is 6.58 Å². The molecule has 1 saturated carbocycles. The average molecular weight is 310 g/mol. The number of hydrogen-bond acceptors (Lipinski definition) is 1. The highest BCUT2D eigenvalue weighted by Crippen LogP contribution is 2.56. The van der Waals surface area contributed by atoms with Crippen molar-refractivity contribution in [1.29, 1.82) is 0 Å². The molecule has 2 atom stereocenters. The SMILES string of the molecule is C=C[C@@]1(Br)CC1/C(=C\CBr)CCO. The first kappa shape index (κ1) is 11.5. The second kappa shape index (κ2) is 4.76. The van der Waals surface area contributed by atoms with Crippen molar-refractivity contribution in [3.63, 3.8) is 0 Å². The van der Waals surface area contributed by atoms with Gasteiger partial charge in [0.05, 0.1) is 4.32 Å². The van der Waals surface area contributed by atoms with Gasteiger partial charge in [-0.1, -0.05) is 49.6 Å². The van der Waals surface area contributed by atoms with Crippen LogP contribution in [0.5, 0.6) is 0 Å². The Kier molecular flexibility index (Phi) is 4.20. The predicted octanol–water partition coefficient (Wildman–Crippen LogP) is 3.03. The second-order valence-electron chi connectivity index (χ2n) is 3.29. The van der Waals surface area contributed by atoms with Gasteiger partial charge in [0.25, 0.3) is 0 Å². The van der Waals surface area contributed by atoms with Crippen molar-refractivity contribution in [2.45, 2.75) is 17.2 Å². The van der Waals surface area contributed by atoms with Crippen molar-refractivity contribution >= 4 is 31.9 Å². The van der Waals surface area contributed by atoms with Gasteiger partial charge in [0.1, 0.15) is 0 Å². The molecule has 0 saturated heterocycles. The Balaban J connectivity index is 2.59. The molecule has 0 bridgehead atoms. The van der Waals surface area contributed by atoms with Crippen molar-refractivity contribution in [3.8, 4) is 0 Å². The van der Waals surface area contributed by atoms with Crippen LogP contribution in [0.2, 0.25) is 0 Å². The summed E-state index contributed by atoms with van der Waals surface area (Å²) < 4.78 is 0.107. The zero-order chi connectivity index (χ0) is 9.90. The molecular weight excluding hydrogens is 296 g/mol. The highest BCUT2D eigenvalue weighted by Gasteiger charge is 2.51. The lowest BCUT2D eigenvalue weighted by Gasteiger charge is -2.06. The Morgan fingerprint density at radius 1 is 1.69 bits per heavy atom. The highest BCUT2D eigenvalue weighted by atomic mass is 79.9. The lowest BCUT2D eigenvalue weighted by Crippen LogP contribution is -2.01. The first-order chi connectivity index (χ1) is 6.18. The maximum Gasteiger partial charge on any atom is 0.0506 e. The van der Waals surface area contributed by atoms with E-state index < -0.39 is 0 Å². The lowest BCUT2D eigenvalue weighted by molar-refractivity contribution is 0.297. The van der Waals surface area contributed by atoms with Gasteiger partial charge in [0, 0.05) is 17.9 Å². The molecule has 1 unspecified atom stereocenters. The summed E-state index contributed by atoms with van der Waals surface area (Å²) in [5.41, 5.74) is 1.33. The Hall–Kier alpha value is 0.400. The third kappa shape index (κ3) is 2.67. The number of allylic oxidation sites excluding steroid dienone is 2. The molecule has 0 heterocycles. The fourth-order valence-electron chi connectivity index (χ4n) is 1.57. The Morgan fingerprint density at radius 2 is 2.38 bits per heavy atom. The highest BCUT2D eigenvalue weighted by molar-refractivity contribution is 9.10. The van der Waals surface area contributed by atoms with E-state index in [0.717, 1.165) is 18.2 Å². The van der Waals surface area contributed by atoms with Crippen LogP contribution in [0.3, 0.4) is 0 Å². The van der Waals surface area contributed by atoms with E-state index >= 15 is 0 Å². The molecule has 13 heavy (non-hydrogen) atoms. The van der Waals surface area contributed by atoms with Crippen LogP contribution in [0, 0.1) is 5.92 Å². The molecule has 0 aliphatic heterocycles. The molecule has 74 valence electrons. The monoisotopic (exact) mass is 308 g/mol. The van der Waals surface area contributed by atoms with Crippen LogP contribution in [0.1, 0.15) is 12.8 Å². The maximum absolute atomic E-state index is 8.89. The third-order valence-corrected chi connectivity index (χ3v) is 3.99. The van der Waals surface area contributed by atoms with E-state index in [-0.39, 0.29) is 10.9 Å². The molecule has 1 rings (SSSR count). The fraction of sp³-hybridized carbons (Fsp3) is 0.600. The van der Waals surface area contributed by atoms with Gasteiger partial charge in [-0.05, 0) is 12.8 Å². The molecule has 1 fully saturated rings. The van der Waals surface area contributed by atoms with Crippen LogP contribution in [0.25, 0.3) is 0 Å². The lowest BCUT2D eigenvalue weighted by atomic mass is 10.1. The summed E-state index contributed by atoms with van der Waals surface area (Å²) in [6.45, 7) is 4.03. The van der Waals surface area contributed by atoms with E-state index in [1.165, 1.54) is 5.57 Å². The van der Waals surface area contributed by atoms with Crippen molar-refractivity contribution in [1.82, 2.24) is 0 Å². The molecule has 1 nitrogen and oxygen atoms in total. The van der Waals surface area contributed by atoms with Crippen LogP contribution >= 0.6 is 31.9 Å². The number of aliphatic hydroxyl groups excluding tert-OH is 1. The van der Waals surface area contributed by atoms with Crippen LogP contribution in [0.4, 0.5) is 0 Å². The largest absolute Gasteiger partial charge is 0.396 e. The maximum atomic E-state index is 8.89. The second-order valence-corrected chi connectivity index (χ2v) is 5.42. The Bertz CT molecular complexity index is 225. The van der Waals surface area contributed by atoms with Gasteiger partial charge in [-0.3, -0.25) is 0 Å². The molecule has 1 aliphatic rings. The minimum Gasteiger partial charge on any atom is -0.396 e. The van der Waals surface area contributed by atoms with Crippen molar-refractivity contribution < 1.29 is 5.11 Å². The molecular formula is C10H14Br2O. The summed E-state index contributed by atoms with van der Waals surface area (Å²) in [7, 11) is 0. The minimum absolute atomic E-state index is 0.107. The third-order valence-electron chi connectivity index (χ3n) is 2.46. The van der Waals surface area contributed by atoms with Gasteiger partial charge in [-0.25, -0.2) is 0 Å². The predicted molar refractivity (Wildman–Crippen MR) is 63.5 cm³/mol. The first-order valence-corrected chi connectivity index (χ1v) is 6.27. The minimum atomic E-state index is 0.107. The topological polar surface area (TPSA) is 20.2 Å². The van der Waals surface area contributed by atoms with Crippen LogP contribution < -0.4 is 0 Å². The molecule has 0 amide bonds. The van der Waals surface area contributed by atoms with E-state index in [1.807, 2.05) is 6.08 Å². The summed E-state index contributed by atoms with van der Waals surface area (Å²) in [5.74, 6) is 0.537. The summed E-state index contributed by atoms with van der Waals surface area (Å²) in [5, 5.41) is 9.75. The van der Waals surface area contributed by atoms with Gasteiger partial charge in [0.2, 0.25) is 0 Å². The van der Waals surface area contributed by atoms with Crippen LogP contribution in [-0.2, 0) is 0 Å². The van der Waals surface area contributed by atoms with Crippen LogP contribution in [-0.4, -0.2) is 21.4 Å². The molecule has 0 aromatic heterocycles. The molecule has 1 N–H and O–H groups in total. The number of aliphatic hydroxyl groups is 1. The summed E-state index contributed by atoms with van der Waals surface area (Å²) in [6, 6.07) is 0. The molecule has 1 aliphatic carbocycles. The number of alkyl halides is 2. The zero-order valence-corrected chi connectivity index (χ0v) is 10.6. The van der Waals surface area contributed by atoms with E-state index in [1.54, 1.807) is 0 Å². The normalized spacial score (nSPS) is 33.2. The molecule has 3 heteroatoms. The summed E-state index contributed by atoms with van der Waals surface area (Å²) in [6.07, 6.45) is 5.98. The molecule has 0 radical (unpaired) electrons. The molecule has 0 aromatic rings. The Labute approximate surface area is 96.2 Å².